The maximum absolute atomic E-state index is 5.91. The van der Waals surface area contributed by atoms with Crippen molar-refractivity contribution in [2.75, 3.05) is 6.54 Å². The summed E-state index contributed by atoms with van der Waals surface area (Å²) in [6.45, 7) is 5.20. The minimum Gasteiger partial charge on any atom is -0.330 e. The molecule has 0 bridgehead atoms. The number of hydrogen-bond acceptors (Lipinski definition) is 1. The molecule has 0 radical (unpaired) electrons. The van der Waals surface area contributed by atoms with Gasteiger partial charge in [-0.1, -0.05) is 74.5 Å². The number of nitrogens with two attached hydrogens (primary N) is 1. The standard InChI is InChI=1S/C18H23N/c1-18(2,14-19)13-17(15-9-5-3-6-10-15)16-11-7-4-8-12-16/h3-12,17H,13-14,19H2,1-2H3. The Kier molecular flexibility index (Phi) is 4.39. The molecule has 0 heterocycles. The molecule has 2 aromatic carbocycles. The first-order chi connectivity index (χ1) is 9.12. The average molecular weight is 253 g/mol. The van der Waals surface area contributed by atoms with E-state index in [0.717, 1.165) is 6.42 Å². The molecule has 1 heteroatoms. The van der Waals surface area contributed by atoms with E-state index in [1.165, 1.54) is 11.1 Å². The number of rotatable bonds is 5. The number of hydrogen-bond donors (Lipinski definition) is 1. The molecular formula is C18H23N. The lowest BCUT2D eigenvalue weighted by molar-refractivity contribution is 0.330. The van der Waals surface area contributed by atoms with Gasteiger partial charge in [0.2, 0.25) is 0 Å². The van der Waals surface area contributed by atoms with Crippen LogP contribution >= 0.6 is 0 Å². The smallest absolute Gasteiger partial charge is 0.00948 e. The maximum atomic E-state index is 5.91. The van der Waals surface area contributed by atoms with Crippen molar-refractivity contribution in [3.05, 3.63) is 71.8 Å². The van der Waals surface area contributed by atoms with Gasteiger partial charge in [0.15, 0.2) is 0 Å². The Balaban J connectivity index is 2.35. The second kappa shape index (κ2) is 6.03. The zero-order valence-electron chi connectivity index (χ0n) is 11.8. The van der Waals surface area contributed by atoms with Gasteiger partial charge in [0.1, 0.15) is 0 Å². The van der Waals surface area contributed by atoms with Crippen LogP contribution in [-0.2, 0) is 0 Å². The van der Waals surface area contributed by atoms with E-state index in [4.69, 9.17) is 5.73 Å². The van der Waals surface area contributed by atoms with E-state index < -0.39 is 0 Å². The SMILES string of the molecule is CC(C)(CN)CC(c1ccccc1)c1ccccc1. The third-order valence-corrected chi connectivity index (χ3v) is 3.71. The summed E-state index contributed by atoms with van der Waals surface area (Å²) >= 11 is 0. The van der Waals surface area contributed by atoms with Gasteiger partial charge in [-0.05, 0) is 29.5 Å². The molecule has 1 nitrogen and oxygen atoms in total. The van der Waals surface area contributed by atoms with Crippen LogP contribution in [0.5, 0.6) is 0 Å². The Morgan fingerprint density at radius 2 is 1.26 bits per heavy atom. The van der Waals surface area contributed by atoms with Gasteiger partial charge in [-0.2, -0.15) is 0 Å². The first-order valence-corrected chi connectivity index (χ1v) is 6.92. The Hall–Kier alpha value is -1.60. The van der Waals surface area contributed by atoms with Crippen LogP contribution < -0.4 is 5.73 Å². The van der Waals surface area contributed by atoms with Gasteiger partial charge in [-0.25, -0.2) is 0 Å². The van der Waals surface area contributed by atoms with Crippen LogP contribution in [0.15, 0.2) is 60.7 Å². The van der Waals surface area contributed by atoms with Crippen molar-refractivity contribution < 1.29 is 0 Å². The Labute approximate surface area is 116 Å². The van der Waals surface area contributed by atoms with Gasteiger partial charge in [-0.15, -0.1) is 0 Å². The van der Waals surface area contributed by atoms with Crippen molar-refractivity contribution in [2.45, 2.75) is 26.2 Å². The van der Waals surface area contributed by atoms with Gasteiger partial charge in [-0.3, -0.25) is 0 Å². The summed E-state index contributed by atoms with van der Waals surface area (Å²) in [5, 5.41) is 0. The summed E-state index contributed by atoms with van der Waals surface area (Å²) in [7, 11) is 0. The van der Waals surface area contributed by atoms with Gasteiger partial charge < -0.3 is 5.73 Å². The van der Waals surface area contributed by atoms with E-state index in [2.05, 4.69) is 74.5 Å². The van der Waals surface area contributed by atoms with Crippen LogP contribution in [0.3, 0.4) is 0 Å². The van der Waals surface area contributed by atoms with Crippen molar-refractivity contribution in [3.63, 3.8) is 0 Å². The van der Waals surface area contributed by atoms with Crippen LogP contribution in [0.4, 0.5) is 0 Å². The first-order valence-electron chi connectivity index (χ1n) is 6.92. The van der Waals surface area contributed by atoms with Crippen molar-refractivity contribution in [3.8, 4) is 0 Å². The highest BCUT2D eigenvalue weighted by molar-refractivity contribution is 5.32. The molecule has 0 spiro atoms. The molecular weight excluding hydrogens is 230 g/mol. The lowest BCUT2D eigenvalue weighted by Gasteiger charge is -2.29. The molecule has 2 rings (SSSR count). The highest BCUT2D eigenvalue weighted by Crippen LogP contribution is 2.35. The first kappa shape index (κ1) is 13.8. The fraction of sp³-hybridized carbons (Fsp3) is 0.333. The van der Waals surface area contributed by atoms with Crippen LogP contribution in [0, 0.1) is 5.41 Å². The third-order valence-electron chi connectivity index (χ3n) is 3.71. The molecule has 2 aromatic rings. The summed E-state index contributed by atoms with van der Waals surface area (Å²) in [5.41, 5.74) is 8.80. The molecule has 0 fully saturated rings. The normalized spacial score (nSPS) is 11.8. The van der Waals surface area contributed by atoms with E-state index in [1.807, 2.05) is 0 Å². The predicted octanol–water partition coefficient (Wildman–Crippen LogP) is 4.19. The molecule has 2 N–H and O–H groups in total. The summed E-state index contributed by atoms with van der Waals surface area (Å²) < 4.78 is 0. The molecule has 100 valence electrons. The van der Waals surface area contributed by atoms with E-state index >= 15 is 0 Å². The Bertz CT molecular complexity index is 448. The van der Waals surface area contributed by atoms with Crippen LogP contribution in [0.2, 0.25) is 0 Å². The summed E-state index contributed by atoms with van der Waals surface area (Å²) in [4.78, 5) is 0. The molecule has 0 saturated carbocycles. The monoisotopic (exact) mass is 253 g/mol. The molecule has 0 aliphatic heterocycles. The molecule has 0 aliphatic rings. The molecule has 19 heavy (non-hydrogen) atoms. The van der Waals surface area contributed by atoms with Crippen molar-refractivity contribution >= 4 is 0 Å². The lowest BCUT2D eigenvalue weighted by Crippen LogP contribution is -2.26. The second-order valence-electron chi connectivity index (χ2n) is 5.95. The third kappa shape index (κ3) is 3.68. The number of benzene rings is 2. The fourth-order valence-corrected chi connectivity index (χ4v) is 2.43. The Morgan fingerprint density at radius 3 is 1.63 bits per heavy atom. The van der Waals surface area contributed by atoms with Gasteiger partial charge in [0.05, 0.1) is 0 Å². The van der Waals surface area contributed by atoms with E-state index in [0.29, 0.717) is 12.5 Å². The molecule has 0 unspecified atom stereocenters. The van der Waals surface area contributed by atoms with E-state index in [9.17, 15) is 0 Å². The van der Waals surface area contributed by atoms with Crippen molar-refractivity contribution in [1.82, 2.24) is 0 Å². The van der Waals surface area contributed by atoms with Crippen LogP contribution in [0.1, 0.15) is 37.3 Å². The maximum Gasteiger partial charge on any atom is 0.00948 e. The lowest BCUT2D eigenvalue weighted by atomic mass is 9.77. The van der Waals surface area contributed by atoms with E-state index in [-0.39, 0.29) is 5.41 Å². The van der Waals surface area contributed by atoms with Gasteiger partial charge in [0, 0.05) is 5.92 Å². The highest BCUT2D eigenvalue weighted by Gasteiger charge is 2.24. The zero-order chi connectivity index (χ0) is 13.7. The minimum absolute atomic E-state index is 0.149. The predicted molar refractivity (Wildman–Crippen MR) is 82.2 cm³/mol. The van der Waals surface area contributed by atoms with Crippen LogP contribution in [0.25, 0.3) is 0 Å². The fourth-order valence-electron chi connectivity index (χ4n) is 2.43. The molecule has 0 aromatic heterocycles. The minimum atomic E-state index is 0.149. The molecule has 0 saturated heterocycles. The second-order valence-corrected chi connectivity index (χ2v) is 5.95. The van der Waals surface area contributed by atoms with Crippen LogP contribution in [-0.4, -0.2) is 6.54 Å². The van der Waals surface area contributed by atoms with E-state index in [1.54, 1.807) is 0 Å². The quantitative estimate of drug-likeness (QED) is 0.849. The highest BCUT2D eigenvalue weighted by atomic mass is 14.6. The summed E-state index contributed by atoms with van der Waals surface area (Å²) in [5.74, 6) is 0.418. The van der Waals surface area contributed by atoms with Crippen molar-refractivity contribution in [1.29, 1.82) is 0 Å². The summed E-state index contributed by atoms with van der Waals surface area (Å²) in [6.07, 6.45) is 1.07. The van der Waals surface area contributed by atoms with Crippen molar-refractivity contribution in [2.24, 2.45) is 11.1 Å². The molecule has 0 atom stereocenters. The molecule has 0 aliphatic carbocycles. The largest absolute Gasteiger partial charge is 0.330 e. The Morgan fingerprint density at radius 1 is 0.842 bits per heavy atom. The van der Waals surface area contributed by atoms with Gasteiger partial charge >= 0.3 is 0 Å². The topological polar surface area (TPSA) is 26.0 Å². The molecule has 0 amide bonds. The summed E-state index contributed by atoms with van der Waals surface area (Å²) in [6, 6.07) is 21.4. The zero-order valence-corrected chi connectivity index (χ0v) is 11.8. The van der Waals surface area contributed by atoms with Gasteiger partial charge in [0.25, 0.3) is 0 Å². The average Bonchev–Trinajstić information content (AvgIpc) is 2.47.